The topological polar surface area (TPSA) is 74.0 Å². The van der Waals surface area contributed by atoms with Crippen LogP contribution in [-0.2, 0) is 17.8 Å². The molecule has 0 saturated carbocycles. The van der Waals surface area contributed by atoms with Gasteiger partial charge >= 0.3 is 0 Å². The molecule has 0 spiro atoms. The van der Waals surface area contributed by atoms with E-state index in [0.717, 1.165) is 11.9 Å². The fourth-order valence-electron chi connectivity index (χ4n) is 2.21. The number of hydrogen-bond acceptors (Lipinski definition) is 2. The predicted molar refractivity (Wildman–Crippen MR) is 73.1 cm³/mol. The van der Waals surface area contributed by atoms with Crippen molar-refractivity contribution in [3.63, 3.8) is 0 Å². The molecule has 1 aromatic carbocycles. The second-order valence-corrected chi connectivity index (χ2v) is 4.67. The summed E-state index contributed by atoms with van der Waals surface area (Å²) >= 11 is 0. The van der Waals surface area contributed by atoms with Gasteiger partial charge in [0.25, 0.3) is 0 Å². The number of aromatic nitrogens is 1. The van der Waals surface area contributed by atoms with Crippen molar-refractivity contribution in [2.45, 2.75) is 19.9 Å². The predicted octanol–water partition coefficient (Wildman–Crippen LogP) is 1.26. The number of amides is 1. The van der Waals surface area contributed by atoms with Gasteiger partial charge < -0.3 is 16.0 Å². The van der Waals surface area contributed by atoms with Crippen LogP contribution < -0.4 is 11.5 Å². The molecule has 0 saturated heterocycles. The van der Waals surface area contributed by atoms with Gasteiger partial charge in [-0.2, -0.15) is 0 Å². The summed E-state index contributed by atoms with van der Waals surface area (Å²) in [6, 6.07) is 8.17. The number of primary amides is 1. The summed E-state index contributed by atoms with van der Waals surface area (Å²) in [5.74, 6) is -0.445. The van der Waals surface area contributed by atoms with E-state index < -0.39 is 0 Å². The SMILES string of the molecule is CC(Cn1cc(CCN)c2ccccc21)C(N)=O. The van der Waals surface area contributed by atoms with Crippen LogP contribution in [0.15, 0.2) is 30.5 Å². The number of fused-ring (bicyclic) bond motifs is 1. The summed E-state index contributed by atoms with van der Waals surface area (Å²) in [6.07, 6.45) is 2.93. The second kappa shape index (κ2) is 5.23. The van der Waals surface area contributed by atoms with Crippen molar-refractivity contribution in [3.8, 4) is 0 Å². The summed E-state index contributed by atoms with van der Waals surface area (Å²) in [4.78, 5) is 11.2. The first-order valence-corrected chi connectivity index (χ1v) is 6.19. The molecule has 4 heteroatoms. The average Bonchev–Trinajstić information content (AvgIpc) is 2.69. The zero-order valence-electron chi connectivity index (χ0n) is 10.6. The Balaban J connectivity index is 2.41. The number of nitrogens with zero attached hydrogens (tertiary/aromatic N) is 1. The van der Waals surface area contributed by atoms with Gasteiger partial charge in [-0.15, -0.1) is 0 Å². The first-order valence-electron chi connectivity index (χ1n) is 6.19. The minimum absolute atomic E-state index is 0.175. The molecule has 2 aromatic rings. The fraction of sp³-hybridized carbons (Fsp3) is 0.357. The van der Waals surface area contributed by atoms with Crippen molar-refractivity contribution in [1.29, 1.82) is 0 Å². The van der Waals surface area contributed by atoms with Crippen molar-refractivity contribution in [2.75, 3.05) is 6.54 Å². The summed E-state index contributed by atoms with van der Waals surface area (Å²) in [5, 5.41) is 1.21. The average molecular weight is 245 g/mol. The number of nitrogens with two attached hydrogens (primary N) is 2. The smallest absolute Gasteiger partial charge is 0.222 e. The lowest BCUT2D eigenvalue weighted by Gasteiger charge is -2.09. The molecule has 0 bridgehead atoms. The number of hydrogen-bond donors (Lipinski definition) is 2. The highest BCUT2D eigenvalue weighted by Crippen LogP contribution is 2.22. The van der Waals surface area contributed by atoms with Crippen molar-refractivity contribution < 1.29 is 4.79 Å². The molecule has 1 heterocycles. The molecule has 2 rings (SSSR count). The Bertz CT molecular complexity index is 559. The van der Waals surface area contributed by atoms with Gasteiger partial charge in [-0.25, -0.2) is 0 Å². The Hall–Kier alpha value is -1.81. The molecule has 1 unspecified atom stereocenters. The molecule has 4 nitrogen and oxygen atoms in total. The quantitative estimate of drug-likeness (QED) is 0.832. The van der Waals surface area contributed by atoms with E-state index in [-0.39, 0.29) is 11.8 Å². The monoisotopic (exact) mass is 245 g/mol. The largest absolute Gasteiger partial charge is 0.369 e. The minimum atomic E-state index is -0.270. The maximum Gasteiger partial charge on any atom is 0.222 e. The zero-order valence-corrected chi connectivity index (χ0v) is 10.6. The van der Waals surface area contributed by atoms with Gasteiger partial charge in [-0.1, -0.05) is 25.1 Å². The molecule has 18 heavy (non-hydrogen) atoms. The number of carbonyl (C=O) groups excluding carboxylic acids is 1. The van der Waals surface area contributed by atoms with Crippen molar-refractivity contribution in [3.05, 3.63) is 36.0 Å². The molecule has 1 aromatic heterocycles. The molecule has 0 aliphatic rings. The van der Waals surface area contributed by atoms with E-state index in [9.17, 15) is 4.79 Å². The van der Waals surface area contributed by atoms with Crippen LogP contribution in [0.25, 0.3) is 10.9 Å². The molecule has 1 amide bonds. The van der Waals surface area contributed by atoms with Crippen molar-refractivity contribution in [1.82, 2.24) is 4.57 Å². The van der Waals surface area contributed by atoms with E-state index >= 15 is 0 Å². The fourth-order valence-corrected chi connectivity index (χ4v) is 2.21. The number of para-hydroxylation sites is 1. The molecule has 0 aliphatic heterocycles. The normalized spacial score (nSPS) is 12.8. The highest BCUT2D eigenvalue weighted by molar-refractivity contribution is 5.84. The molecule has 0 aliphatic carbocycles. The first-order chi connectivity index (χ1) is 8.63. The van der Waals surface area contributed by atoms with E-state index in [2.05, 4.69) is 22.9 Å². The van der Waals surface area contributed by atoms with Gasteiger partial charge in [0.1, 0.15) is 0 Å². The lowest BCUT2D eigenvalue weighted by molar-refractivity contribution is -0.121. The Morgan fingerprint density at radius 3 is 2.78 bits per heavy atom. The van der Waals surface area contributed by atoms with E-state index in [1.165, 1.54) is 10.9 Å². The summed E-state index contributed by atoms with van der Waals surface area (Å²) < 4.78 is 2.09. The van der Waals surface area contributed by atoms with E-state index in [4.69, 9.17) is 11.5 Å². The first kappa shape index (κ1) is 12.6. The van der Waals surface area contributed by atoms with Crippen LogP contribution in [-0.4, -0.2) is 17.0 Å². The van der Waals surface area contributed by atoms with Crippen LogP contribution in [0.5, 0.6) is 0 Å². The lowest BCUT2D eigenvalue weighted by atomic mass is 10.1. The van der Waals surface area contributed by atoms with Crippen LogP contribution in [0.2, 0.25) is 0 Å². The standard InChI is InChI=1S/C14H19N3O/c1-10(14(16)18)8-17-9-11(6-7-15)12-4-2-3-5-13(12)17/h2-5,9-10H,6-8,15H2,1H3,(H2,16,18). The molecule has 4 N–H and O–H groups in total. The van der Waals surface area contributed by atoms with Gasteiger partial charge in [0.2, 0.25) is 5.91 Å². The minimum Gasteiger partial charge on any atom is -0.369 e. The molecular weight excluding hydrogens is 226 g/mol. The Morgan fingerprint density at radius 2 is 2.11 bits per heavy atom. The maximum absolute atomic E-state index is 11.2. The number of rotatable bonds is 5. The van der Waals surface area contributed by atoms with Crippen LogP contribution in [0, 0.1) is 5.92 Å². The summed E-state index contributed by atoms with van der Waals surface area (Å²) in [5.41, 5.74) is 13.3. The van der Waals surface area contributed by atoms with Gasteiger partial charge in [0, 0.05) is 23.6 Å². The molecule has 1 atom stereocenters. The van der Waals surface area contributed by atoms with Crippen LogP contribution >= 0.6 is 0 Å². The Kier molecular flexibility index (Phi) is 3.67. The van der Waals surface area contributed by atoms with Gasteiger partial charge in [0.15, 0.2) is 0 Å². The third-order valence-corrected chi connectivity index (χ3v) is 3.24. The summed E-state index contributed by atoms with van der Waals surface area (Å²) in [6.45, 7) is 3.08. The third-order valence-electron chi connectivity index (χ3n) is 3.24. The highest BCUT2D eigenvalue weighted by atomic mass is 16.1. The van der Waals surface area contributed by atoms with E-state index in [1.807, 2.05) is 19.1 Å². The number of carbonyl (C=O) groups is 1. The molecule has 0 radical (unpaired) electrons. The van der Waals surface area contributed by atoms with Gasteiger partial charge in [-0.3, -0.25) is 4.79 Å². The highest BCUT2D eigenvalue weighted by Gasteiger charge is 2.13. The Morgan fingerprint density at radius 1 is 1.39 bits per heavy atom. The third kappa shape index (κ3) is 2.38. The Labute approximate surface area is 107 Å². The zero-order chi connectivity index (χ0) is 13.1. The van der Waals surface area contributed by atoms with Crippen LogP contribution in [0.4, 0.5) is 0 Å². The van der Waals surface area contributed by atoms with E-state index in [0.29, 0.717) is 13.1 Å². The lowest BCUT2D eigenvalue weighted by Crippen LogP contribution is -2.24. The van der Waals surface area contributed by atoms with E-state index in [1.54, 1.807) is 0 Å². The molecule has 0 fully saturated rings. The van der Waals surface area contributed by atoms with Crippen molar-refractivity contribution in [2.24, 2.45) is 17.4 Å². The van der Waals surface area contributed by atoms with Gasteiger partial charge in [-0.05, 0) is 24.6 Å². The van der Waals surface area contributed by atoms with Gasteiger partial charge in [0.05, 0.1) is 5.92 Å². The van der Waals surface area contributed by atoms with Crippen molar-refractivity contribution >= 4 is 16.8 Å². The molecular formula is C14H19N3O. The van der Waals surface area contributed by atoms with Crippen LogP contribution in [0.3, 0.4) is 0 Å². The second-order valence-electron chi connectivity index (χ2n) is 4.67. The number of benzene rings is 1. The summed E-state index contributed by atoms with van der Waals surface area (Å²) in [7, 11) is 0. The van der Waals surface area contributed by atoms with Crippen LogP contribution in [0.1, 0.15) is 12.5 Å². The molecule has 96 valence electrons. The maximum atomic E-state index is 11.2.